The van der Waals surface area contributed by atoms with E-state index < -0.39 is 15.9 Å². The van der Waals surface area contributed by atoms with Gasteiger partial charge in [0.15, 0.2) is 0 Å². The molecule has 0 unspecified atom stereocenters. The zero-order chi connectivity index (χ0) is 18.8. The number of rotatable bonds is 5. The maximum Gasteiger partial charge on any atom is 0.257 e. The van der Waals surface area contributed by atoms with E-state index in [9.17, 15) is 13.2 Å². The van der Waals surface area contributed by atoms with Gasteiger partial charge >= 0.3 is 0 Å². The van der Waals surface area contributed by atoms with Crippen molar-refractivity contribution in [2.24, 2.45) is 0 Å². The molecule has 0 radical (unpaired) electrons. The third kappa shape index (κ3) is 4.36. The van der Waals surface area contributed by atoms with Gasteiger partial charge in [-0.15, -0.1) is 11.8 Å². The predicted octanol–water partition coefficient (Wildman–Crippen LogP) is 3.87. The number of aryl methyl sites for hydroxylation is 1. The van der Waals surface area contributed by atoms with E-state index in [0.717, 1.165) is 9.20 Å². The Morgan fingerprint density at radius 1 is 1.16 bits per heavy atom. The van der Waals surface area contributed by atoms with Gasteiger partial charge in [0, 0.05) is 24.7 Å². The standard InChI is InChI=1S/C17H19ClN2O3S2/c1-11-5-6-12(9-16(11)25(22,23)20(2)3)19-17(21)14-10-13(24-4)7-8-15(14)18/h5-10H,1-4H3,(H,19,21). The molecule has 2 rings (SSSR count). The van der Waals surface area contributed by atoms with Crippen molar-refractivity contribution in [1.29, 1.82) is 0 Å². The number of anilines is 1. The molecule has 2 aromatic rings. The summed E-state index contributed by atoms with van der Waals surface area (Å²) in [5.41, 5.74) is 1.34. The number of carbonyl (C=O) groups excluding carboxylic acids is 1. The summed E-state index contributed by atoms with van der Waals surface area (Å²) in [5.74, 6) is -0.391. The third-order valence-electron chi connectivity index (χ3n) is 3.62. The second-order valence-corrected chi connectivity index (χ2v) is 8.97. The first-order valence-corrected chi connectivity index (χ1v) is 10.4. The van der Waals surface area contributed by atoms with Crippen molar-refractivity contribution >= 4 is 45.0 Å². The van der Waals surface area contributed by atoms with Crippen molar-refractivity contribution < 1.29 is 13.2 Å². The minimum atomic E-state index is -3.60. The minimum Gasteiger partial charge on any atom is -0.322 e. The lowest BCUT2D eigenvalue weighted by atomic mass is 10.2. The van der Waals surface area contributed by atoms with Crippen molar-refractivity contribution in [2.75, 3.05) is 25.7 Å². The Hall–Kier alpha value is -1.54. The second-order valence-electron chi connectivity index (χ2n) is 5.57. The Bertz CT molecular complexity index is 912. The van der Waals surface area contributed by atoms with Crippen LogP contribution in [-0.2, 0) is 10.0 Å². The topological polar surface area (TPSA) is 66.5 Å². The minimum absolute atomic E-state index is 0.152. The number of halogens is 1. The largest absolute Gasteiger partial charge is 0.322 e. The first kappa shape index (κ1) is 19.8. The van der Waals surface area contributed by atoms with Crippen molar-refractivity contribution in [3.05, 3.63) is 52.5 Å². The molecule has 0 atom stereocenters. The Balaban J connectivity index is 2.37. The second kappa shape index (κ2) is 7.78. The third-order valence-corrected chi connectivity index (χ3v) is 6.63. The maximum absolute atomic E-state index is 12.5. The highest BCUT2D eigenvalue weighted by Crippen LogP contribution is 2.26. The van der Waals surface area contributed by atoms with E-state index in [2.05, 4.69) is 5.32 Å². The first-order valence-electron chi connectivity index (χ1n) is 7.35. The van der Waals surface area contributed by atoms with Crippen molar-refractivity contribution in [2.45, 2.75) is 16.7 Å². The van der Waals surface area contributed by atoms with E-state index in [1.807, 2.05) is 12.3 Å². The number of hydrogen-bond donors (Lipinski definition) is 1. The number of nitrogens with one attached hydrogen (secondary N) is 1. The summed E-state index contributed by atoms with van der Waals surface area (Å²) in [6, 6.07) is 9.97. The van der Waals surface area contributed by atoms with E-state index in [1.165, 1.54) is 31.9 Å². The molecule has 0 aliphatic carbocycles. The van der Waals surface area contributed by atoms with Crippen LogP contribution in [0.15, 0.2) is 46.2 Å². The molecule has 0 saturated carbocycles. The highest BCUT2D eigenvalue weighted by Gasteiger charge is 2.21. The van der Waals surface area contributed by atoms with Crippen LogP contribution in [0.1, 0.15) is 15.9 Å². The number of amides is 1. The molecule has 0 aliphatic heterocycles. The summed E-state index contributed by atoms with van der Waals surface area (Å²) in [4.78, 5) is 13.6. The molecule has 5 nitrogen and oxygen atoms in total. The zero-order valence-electron chi connectivity index (χ0n) is 14.3. The van der Waals surface area contributed by atoms with Crippen LogP contribution in [0.4, 0.5) is 5.69 Å². The molecule has 0 aromatic heterocycles. The number of benzene rings is 2. The number of nitrogens with zero attached hydrogens (tertiary/aromatic N) is 1. The highest BCUT2D eigenvalue weighted by atomic mass is 35.5. The van der Waals surface area contributed by atoms with Gasteiger partial charge in [-0.2, -0.15) is 0 Å². The Morgan fingerprint density at radius 3 is 2.44 bits per heavy atom. The van der Waals surface area contributed by atoms with Crippen molar-refractivity contribution in [1.82, 2.24) is 4.31 Å². The number of thioether (sulfide) groups is 1. The molecule has 0 aliphatic rings. The Morgan fingerprint density at radius 2 is 1.84 bits per heavy atom. The van der Waals surface area contributed by atoms with E-state index in [1.54, 1.807) is 31.2 Å². The number of hydrogen-bond acceptors (Lipinski definition) is 4. The molecular formula is C17H19ClN2O3S2. The van der Waals surface area contributed by atoms with Gasteiger partial charge in [0.1, 0.15) is 0 Å². The lowest BCUT2D eigenvalue weighted by molar-refractivity contribution is 0.102. The summed E-state index contributed by atoms with van der Waals surface area (Å²) in [6.45, 7) is 1.71. The summed E-state index contributed by atoms with van der Waals surface area (Å²) < 4.78 is 25.9. The average molecular weight is 399 g/mol. The summed E-state index contributed by atoms with van der Waals surface area (Å²) >= 11 is 7.62. The maximum atomic E-state index is 12.5. The van der Waals surface area contributed by atoms with Gasteiger partial charge in [0.2, 0.25) is 10.0 Å². The normalized spacial score (nSPS) is 11.6. The Labute approximate surface area is 157 Å². The molecule has 0 fully saturated rings. The average Bonchev–Trinajstić information content (AvgIpc) is 2.56. The molecule has 25 heavy (non-hydrogen) atoms. The molecular weight excluding hydrogens is 380 g/mol. The zero-order valence-corrected chi connectivity index (χ0v) is 16.7. The molecule has 134 valence electrons. The van der Waals surface area contributed by atoms with E-state index >= 15 is 0 Å². The van der Waals surface area contributed by atoms with Crippen LogP contribution in [0.25, 0.3) is 0 Å². The number of carbonyl (C=O) groups is 1. The van der Waals surface area contributed by atoms with Crippen LogP contribution in [0.2, 0.25) is 5.02 Å². The van der Waals surface area contributed by atoms with Gasteiger partial charge < -0.3 is 5.32 Å². The molecule has 1 amide bonds. The van der Waals surface area contributed by atoms with Crippen molar-refractivity contribution in [3.8, 4) is 0 Å². The summed E-state index contributed by atoms with van der Waals surface area (Å²) in [6.07, 6.45) is 1.91. The summed E-state index contributed by atoms with van der Waals surface area (Å²) in [7, 11) is -0.665. The molecule has 1 N–H and O–H groups in total. The monoisotopic (exact) mass is 398 g/mol. The molecule has 0 saturated heterocycles. The molecule has 0 heterocycles. The van der Waals surface area contributed by atoms with Gasteiger partial charge in [0.25, 0.3) is 5.91 Å². The first-order chi connectivity index (χ1) is 11.7. The van der Waals surface area contributed by atoms with E-state index in [4.69, 9.17) is 11.6 Å². The van der Waals surface area contributed by atoms with Crippen LogP contribution in [-0.4, -0.2) is 39.0 Å². The quantitative estimate of drug-likeness (QED) is 0.776. The van der Waals surface area contributed by atoms with Crippen LogP contribution >= 0.6 is 23.4 Å². The van der Waals surface area contributed by atoms with Gasteiger partial charge in [-0.25, -0.2) is 12.7 Å². The SMILES string of the molecule is CSc1ccc(Cl)c(C(=O)Nc2ccc(C)c(S(=O)(=O)N(C)C)c2)c1. The van der Waals surface area contributed by atoms with E-state index in [-0.39, 0.29) is 4.90 Å². The molecule has 0 spiro atoms. The van der Waals surface area contributed by atoms with Gasteiger partial charge in [0.05, 0.1) is 15.5 Å². The van der Waals surface area contributed by atoms with Crippen LogP contribution in [0, 0.1) is 6.92 Å². The van der Waals surface area contributed by atoms with Crippen LogP contribution < -0.4 is 5.32 Å². The molecule has 8 heteroatoms. The van der Waals surface area contributed by atoms with E-state index in [0.29, 0.717) is 21.8 Å². The van der Waals surface area contributed by atoms with Gasteiger partial charge in [-0.05, 0) is 49.1 Å². The highest BCUT2D eigenvalue weighted by molar-refractivity contribution is 7.98. The smallest absolute Gasteiger partial charge is 0.257 e. The van der Waals surface area contributed by atoms with Crippen LogP contribution in [0.3, 0.4) is 0 Å². The van der Waals surface area contributed by atoms with Crippen molar-refractivity contribution in [3.63, 3.8) is 0 Å². The number of sulfonamides is 1. The Kier molecular flexibility index (Phi) is 6.16. The van der Waals surface area contributed by atoms with Crippen LogP contribution in [0.5, 0.6) is 0 Å². The van der Waals surface area contributed by atoms with Gasteiger partial charge in [-0.3, -0.25) is 4.79 Å². The lowest BCUT2D eigenvalue weighted by Crippen LogP contribution is -2.23. The molecule has 2 aromatic carbocycles. The van der Waals surface area contributed by atoms with Gasteiger partial charge in [-0.1, -0.05) is 17.7 Å². The summed E-state index contributed by atoms with van der Waals surface area (Å²) in [5, 5.41) is 3.05. The fourth-order valence-electron chi connectivity index (χ4n) is 2.16. The fourth-order valence-corrected chi connectivity index (χ4v) is 3.94. The lowest BCUT2D eigenvalue weighted by Gasteiger charge is -2.15. The fraction of sp³-hybridized carbons (Fsp3) is 0.235. The predicted molar refractivity (Wildman–Crippen MR) is 103 cm³/mol. The molecule has 0 bridgehead atoms.